The van der Waals surface area contributed by atoms with Crippen molar-refractivity contribution in [2.24, 2.45) is 11.1 Å². The van der Waals surface area contributed by atoms with Crippen LogP contribution < -0.4 is 10.5 Å². The zero-order chi connectivity index (χ0) is 15.1. The summed E-state index contributed by atoms with van der Waals surface area (Å²) in [5.74, 6) is -2.88. The lowest BCUT2D eigenvalue weighted by molar-refractivity contribution is 0.0944. The summed E-state index contributed by atoms with van der Waals surface area (Å²) in [5, 5.41) is 7.32. The van der Waals surface area contributed by atoms with Gasteiger partial charge in [-0.3, -0.25) is 4.79 Å². The van der Waals surface area contributed by atoms with E-state index >= 15 is 0 Å². The van der Waals surface area contributed by atoms with E-state index in [9.17, 15) is 22.0 Å². The summed E-state index contributed by atoms with van der Waals surface area (Å²) in [7, 11) is -4.44. The van der Waals surface area contributed by atoms with E-state index in [0.29, 0.717) is 18.1 Å². The Balaban J connectivity index is 2.32. The van der Waals surface area contributed by atoms with Gasteiger partial charge in [-0.05, 0) is 24.5 Å². The first kappa shape index (κ1) is 14.9. The highest BCUT2D eigenvalue weighted by atomic mass is 32.2. The van der Waals surface area contributed by atoms with Crippen molar-refractivity contribution in [1.82, 2.24) is 5.32 Å². The Morgan fingerprint density at radius 1 is 1.45 bits per heavy atom. The molecule has 2 rings (SSSR count). The molecular weight excluding hydrogens is 290 g/mol. The molecule has 8 heteroatoms. The SMILES string of the molecule is CCC1CC1NC(=O)c1cc(F)cc(S(N)(=O)=O)c1F. The minimum Gasteiger partial charge on any atom is -0.349 e. The molecule has 0 aliphatic heterocycles. The highest BCUT2D eigenvalue weighted by molar-refractivity contribution is 7.89. The number of benzene rings is 1. The second-order valence-corrected chi connectivity index (χ2v) is 6.32. The van der Waals surface area contributed by atoms with E-state index in [0.717, 1.165) is 12.8 Å². The zero-order valence-electron chi connectivity index (χ0n) is 10.7. The summed E-state index contributed by atoms with van der Waals surface area (Å²) in [6.07, 6.45) is 1.65. The molecule has 1 aliphatic rings. The fraction of sp³-hybridized carbons (Fsp3) is 0.417. The Morgan fingerprint density at radius 3 is 2.60 bits per heavy atom. The summed E-state index contributed by atoms with van der Waals surface area (Å²) in [5.41, 5.74) is -0.657. The predicted octanol–water partition coefficient (Wildman–Crippen LogP) is 1.14. The number of halogens is 2. The molecule has 0 bridgehead atoms. The van der Waals surface area contributed by atoms with Crippen molar-refractivity contribution in [2.75, 3.05) is 0 Å². The quantitative estimate of drug-likeness (QED) is 0.874. The van der Waals surface area contributed by atoms with Crippen LogP contribution in [-0.2, 0) is 10.0 Å². The van der Waals surface area contributed by atoms with Gasteiger partial charge in [0.05, 0.1) is 5.56 Å². The summed E-state index contributed by atoms with van der Waals surface area (Å²) < 4.78 is 49.6. The van der Waals surface area contributed by atoms with Gasteiger partial charge in [0.1, 0.15) is 10.7 Å². The Kier molecular flexibility index (Phi) is 3.79. The van der Waals surface area contributed by atoms with Gasteiger partial charge in [-0.25, -0.2) is 22.3 Å². The number of rotatable bonds is 4. The first-order valence-corrected chi connectivity index (χ1v) is 7.61. The summed E-state index contributed by atoms with van der Waals surface area (Å²) in [4.78, 5) is 10.8. The summed E-state index contributed by atoms with van der Waals surface area (Å²) in [6, 6.07) is 1.03. The van der Waals surface area contributed by atoms with Crippen LogP contribution in [0.3, 0.4) is 0 Å². The van der Waals surface area contributed by atoms with Crippen molar-refractivity contribution in [2.45, 2.75) is 30.7 Å². The Labute approximate surface area is 115 Å². The van der Waals surface area contributed by atoms with E-state index in [4.69, 9.17) is 5.14 Å². The molecule has 3 N–H and O–H groups in total. The van der Waals surface area contributed by atoms with Crippen LogP contribution in [0.1, 0.15) is 30.1 Å². The Morgan fingerprint density at radius 2 is 2.10 bits per heavy atom. The molecule has 1 amide bonds. The predicted molar refractivity (Wildman–Crippen MR) is 67.4 cm³/mol. The molecule has 1 aromatic rings. The van der Waals surface area contributed by atoms with Crippen molar-refractivity contribution in [3.05, 3.63) is 29.3 Å². The number of sulfonamides is 1. The van der Waals surface area contributed by atoms with Crippen molar-refractivity contribution in [3.63, 3.8) is 0 Å². The van der Waals surface area contributed by atoms with E-state index in [1.165, 1.54) is 0 Å². The molecule has 110 valence electrons. The second kappa shape index (κ2) is 5.10. The summed E-state index contributed by atoms with van der Waals surface area (Å²) >= 11 is 0. The average molecular weight is 304 g/mol. The molecule has 2 atom stereocenters. The van der Waals surface area contributed by atoms with Gasteiger partial charge >= 0.3 is 0 Å². The second-order valence-electron chi connectivity index (χ2n) is 4.79. The fourth-order valence-electron chi connectivity index (χ4n) is 2.06. The standard InChI is InChI=1S/C12H14F2N2O3S/c1-2-6-3-9(6)16-12(17)8-4-7(13)5-10(11(8)14)20(15,18)19/h4-6,9H,2-3H2,1H3,(H,16,17)(H2,15,18,19). The lowest BCUT2D eigenvalue weighted by Crippen LogP contribution is -2.28. The first-order valence-electron chi connectivity index (χ1n) is 6.06. The molecule has 2 unspecified atom stereocenters. The molecule has 1 fully saturated rings. The minimum atomic E-state index is -4.44. The Bertz CT molecular complexity index is 661. The van der Waals surface area contributed by atoms with Crippen molar-refractivity contribution < 1.29 is 22.0 Å². The van der Waals surface area contributed by atoms with Gasteiger partial charge in [0.15, 0.2) is 5.82 Å². The molecule has 1 aliphatic carbocycles. The van der Waals surface area contributed by atoms with Crippen LogP contribution in [0, 0.1) is 17.6 Å². The van der Waals surface area contributed by atoms with Gasteiger partial charge in [-0.2, -0.15) is 0 Å². The highest BCUT2D eigenvalue weighted by Gasteiger charge is 2.37. The monoisotopic (exact) mass is 304 g/mol. The maximum Gasteiger partial charge on any atom is 0.254 e. The van der Waals surface area contributed by atoms with Crippen molar-refractivity contribution in [3.8, 4) is 0 Å². The molecule has 0 heterocycles. The minimum absolute atomic E-state index is 0.0758. The van der Waals surface area contributed by atoms with Crippen LogP contribution in [0.4, 0.5) is 8.78 Å². The van der Waals surface area contributed by atoms with Gasteiger partial charge < -0.3 is 5.32 Å². The molecular formula is C12H14F2N2O3S. The molecule has 0 aromatic heterocycles. The van der Waals surface area contributed by atoms with E-state index in [2.05, 4.69) is 5.32 Å². The van der Waals surface area contributed by atoms with Gasteiger partial charge in [0.2, 0.25) is 10.0 Å². The number of hydrogen-bond acceptors (Lipinski definition) is 3. The maximum atomic E-state index is 14.0. The van der Waals surface area contributed by atoms with E-state index in [1.54, 1.807) is 0 Å². The van der Waals surface area contributed by atoms with E-state index in [1.807, 2.05) is 6.92 Å². The van der Waals surface area contributed by atoms with Crippen LogP contribution in [0.25, 0.3) is 0 Å². The van der Waals surface area contributed by atoms with E-state index < -0.39 is 38.0 Å². The number of nitrogens with one attached hydrogen (secondary N) is 1. The third kappa shape index (κ3) is 2.96. The molecule has 0 spiro atoms. The number of amides is 1. The third-order valence-electron chi connectivity index (χ3n) is 3.32. The van der Waals surface area contributed by atoms with Crippen LogP contribution in [0.5, 0.6) is 0 Å². The lowest BCUT2D eigenvalue weighted by atomic mass is 10.2. The van der Waals surface area contributed by atoms with Gasteiger partial charge in [-0.15, -0.1) is 0 Å². The largest absolute Gasteiger partial charge is 0.349 e. The molecule has 20 heavy (non-hydrogen) atoms. The van der Waals surface area contributed by atoms with Gasteiger partial charge in [0.25, 0.3) is 5.91 Å². The summed E-state index contributed by atoms with van der Waals surface area (Å²) in [6.45, 7) is 1.96. The zero-order valence-corrected chi connectivity index (χ0v) is 11.5. The molecule has 0 radical (unpaired) electrons. The van der Waals surface area contributed by atoms with Crippen molar-refractivity contribution in [1.29, 1.82) is 0 Å². The lowest BCUT2D eigenvalue weighted by Gasteiger charge is -2.08. The van der Waals surface area contributed by atoms with Crippen LogP contribution >= 0.6 is 0 Å². The number of hydrogen-bond donors (Lipinski definition) is 2. The van der Waals surface area contributed by atoms with Gasteiger partial charge in [-0.1, -0.05) is 13.3 Å². The first-order chi connectivity index (χ1) is 9.24. The number of carbonyl (C=O) groups is 1. The molecule has 5 nitrogen and oxygen atoms in total. The number of primary sulfonamides is 1. The highest BCUT2D eigenvalue weighted by Crippen LogP contribution is 2.33. The molecule has 0 saturated heterocycles. The molecule has 1 aromatic carbocycles. The van der Waals surface area contributed by atoms with Crippen LogP contribution in [0.2, 0.25) is 0 Å². The smallest absolute Gasteiger partial charge is 0.254 e. The Hall–Kier alpha value is -1.54. The van der Waals surface area contributed by atoms with Crippen LogP contribution in [-0.4, -0.2) is 20.4 Å². The van der Waals surface area contributed by atoms with Crippen LogP contribution in [0.15, 0.2) is 17.0 Å². The fourth-order valence-corrected chi connectivity index (χ4v) is 2.69. The number of nitrogens with two attached hydrogens (primary N) is 1. The van der Waals surface area contributed by atoms with E-state index in [-0.39, 0.29) is 6.04 Å². The van der Waals surface area contributed by atoms with Crippen molar-refractivity contribution >= 4 is 15.9 Å². The topological polar surface area (TPSA) is 89.3 Å². The average Bonchev–Trinajstić information content (AvgIpc) is 3.08. The normalized spacial score (nSPS) is 21.6. The molecule has 1 saturated carbocycles. The maximum absolute atomic E-state index is 14.0. The third-order valence-corrected chi connectivity index (χ3v) is 4.23. The van der Waals surface area contributed by atoms with Gasteiger partial charge in [0, 0.05) is 6.04 Å². The number of carbonyl (C=O) groups excluding carboxylic acids is 1.